The summed E-state index contributed by atoms with van der Waals surface area (Å²) >= 11 is 0. The molecule has 7 heteroatoms. The van der Waals surface area contributed by atoms with Crippen molar-refractivity contribution in [3.05, 3.63) is 71.4 Å². The number of benzene rings is 2. The summed E-state index contributed by atoms with van der Waals surface area (Å²) in [6, 6.07) is 17.2. The lowest BCUT2D eigenvalue weighted by atomic mass is 9.99. The van der Waals surface area contributed by atoms with Crippen molar-refractivity contribution in [1.82, 2.24) is 10.3 Å². The number of hydrogen-bond donors (Lipinski definition) is 3. The van der Waals surface area contributed by atoms with Crippen LogP contribution in [0.2, 0.25) is 0 Å². The average Bonchev–Trinajstić information content (AvgIpc) is 2.61. The topological polar surface area (TPSA) is 94.0 Å². The number of nitrogen functional groups attached to an aromatic ring is 1. The predicted octanol–water partition coefficient (Wildman–Crippen LogP) is 3.16. The van der Waals surface area contributed by atoms with Crippen LogP contribution in [0.25, 0.3) is 10.8 Å². The van der Waals surface area contributed by atoms with Gasteiger partial charge in [-0.3, -0.25) is 4.79 Å². The van der Waals surface area contributed by atoms with E-state index in [0.717, 1.165) is 27.6 Å². The van der Waals surface area contributed by atoms with E-state index in [9.17, 15) is 4.79 Å². The first kappa shape index (κ1) is 22.7. The zero-order valence-electron chi connectivity index (χ0n) is 15.0. The summed E-state index contributed by atoms with van der Waals surface area (Å²) in [4.78, 5) is 16.5. The van der Waals surface area contributed by atoms with E-state index in [4.69, 9.17) is 11.5 Å². The number of nitrogens with zero attached hydrogens (tertiary/aromatic N) is 1. The van der Waals surface area contributed by atoms with E-state index >= 15 is 0 Å². The Morgan fingerprint density at radius 3 is 2.48 bits per heavy atom. The third kappa shape index (κ3) is 5.57. The van der Waals surface area contributed by atoms with E-state index in [0.29, 0.717) is 18.8 Å². The van der Waals surface area contributed by atoms with Gasteiger partial charge in [0.1, 0.15) is 5.82 Å². The number of pyridine rings is 1. The van der Waals surface area contributed by atoms with Crippen LogP contribution in [0, 0.1) is 6.92 Å². The maximum atomic E-state index is 12.4. The normalized spacial score (nSPS) is 11.2. The van der Waals surface area contributed by atoms with Crippen LogP contribution in [0.1, 0.15) is 16.8 Å². The average molecular weight is 407 g/mol. The molecular formula is C20H24Cl2N4O. The number of anilines is 1. The first-order valence-corrected chi connectivity index (χ1v) is 8.26. The van der Waals surface area contributed by atoms with Crippen molar-refractivity contribution >= 4 is 47.3 Å². The Morgan fingerprint density at radius 2 is 1.74 bits per heavy atom. The third-order valence-corrected chi connectivity index (χ3v) is 4.33. The Morgan fingerprint density at radius 1 is 1.04 bits per heavy atom. The van der Waals surface area contributed by atoms with Crippen LogP contribution in [-0.2, 0) is 17.8 Å². The van der Waals surface area contributed by atoms with Gasteiger partial charge < -0.3 is 16.8 Å². The molecule has 1 amide bonds. The number of aromatic nitrogens is 1. The Bertz CT molecular complexity index is 912. The highest BCUT2D eigenvalue weighted by molar-refractivity contribution is 5.87. The minimum absolute atomic E-state index is 0. The maximum absolute atomic E-state index is 12.4. The van der Waals surface area contributed by atoms with E-state index in [1.165, 1.54) is 0 Å². The SMILES string of the molecule is Cc1nc(N)ccc1CNC(=O)C(N)Cc1cccc2ccccc12.Cl.Cl. The van der Waals surface area contributed by atoms with Crippen molar-refractivity contribution in [2.75, 3.05) is 5.73 Å². The molecule has 3 aromatic rings. The quantitative estimate of drug-likeness (QED) is 0.606. The zero-order valence-corrected chi connectivity index (χ0v) is 16.6. The maximum Gasteiger partial charge on any atom is 0.237 e. The van der Waals surface area contributed by atoms with E-state index in [-0.39, 0.29) is 30.7 Å². The molecule has 0 fully saturated rings. The molecular weight excluding hydrogens is 383 g/mol. The van der Waals surface area contributed by atoms with Gasteiger partial charge in [-0.05, 0) is 41.3 Å². The summed E-state index contributed by atoms with van der Waals surface area (Å²) < 4.78 is 0. The Balaban J connectivity index is 0.00000182. The molecule has 3 rings (SSSR count). The van der Waals surface area contributed by atoms with Crippen molar-refractivity contribution in [3.8, 4) is 0 Å². The van der Waals surface area contributed by atoms with Crippen LogP contribution < -0.4 is 16.8 Å². The van der Waals surface area contributed by atoms with Crippen molar-refractivity contribution in [1.29, 1.82) is 0 Å². The molecule has 1 atom stereocenters. The summed E-state index contributed by atoms with van der Waals surface area (Å²) in [6.07, 6.45) is 0.492. The van der Waals surface area contributed by atoms with Crippen molar-refractivity contribution in [2.24, 2.45) is 5.73 Å². The fourth-order valence-corrected chi connectivity index (χ4v) is 2.91. The van der Waals surface area contributed by atoms with Crippen LogP contribution >= 0.6 is 24.8 Å². The van der Waals surface area contributed by atoms with E-state index in [2.05, 4.69) is 28.5 Å². The third-order valence-electron chi connectivity index (χ3n) is 4.33. The number of carbonyl (C=O) groups excluding carboxylic acids is 1. The molecule has 0 aliphatic rings. The highest BCUT2D eigenvalue weighted by Gasteiger charge is 2.15. The summed E-state index contributed by atoms with van der Waals surface area (Å²) in [7, 11) is 0. The summed E-state index contributed by atoms with van der Waals surface area (Å²) in [5.41, 5.74) is 14.6. The molecule has 0 radical (unpaired) electrons. The van der Waals surface area contributed by atoms with Crippen molar-refractivity contribution < 1.29 is 4.79 Å². The second-order valence-corrected chi connectivity index (χ2v) is 6.15. The van der Waals surface area contributed by atoms with Gasteiger partial charge in [0.2, 0.25) is 5.91 Å². The first-order chi connectivity index (χ1) is 12.0. The fraction of sp³-hybridized carbons (Fsp3) is 0.200. The number of halogens is 2. The molecule has 5 N–H and O–H groups in total. The molecule has 0 saturated heterocycles. The van der Waals surface area contributed by atoms with Crippen LogP contribution in [0.4, 0.5) is 5.82 Å². The van der Waals surface area contributed by atoms with Gasteiger partial charge in [-0.15, -0.1) is 24.8 Å². The number of hydrogen-bond acceptors (Lipinski definition) is 4. The van der Waals surface area contributed by atoms with Gasteiger partial charge in [-0.1, -0.05) is 48.5 Å². The second-order valence-electron chi connectivity index (χ2n) is 6.15. The van der Waals surface area contributed by atoms with Gasteiger partial charge in [0.05, 0.1) is 6.04 Å². The number of nitrogens with two attached hydrogens (primary N) is 2. The first-order valence-electron chi connectivity index (χ1n) is 8.26. The standard InChI is InChI=1S/C20H22N4O.2ClH/c1-13-16(9-10-19(22)24-13)12-23-20(25)18(21)11-15-7-4-6-14-5-2-3-8-17(14)15;;/h2-10,18H,11-12,21H2,1H3,(H2,22,24)(H,23,25);2*1H. The van der Waals surface area contributed by atoms with E-state index in [1.807, 2.05) is 37.3 Å². The summed E-state index contributed by atoms with van der Waals surface area (Å²) in [5.74, 6) is 0.296. The van der Waals surface area contributed by atoms with Crippen LogP contribution in [0.3, 0.4) is 0 Å². The monoisotopic (exact) mass is 406 g/mol. The molecule has 27 heavy (non-hydrogen) atoms. The largest absolute Gasteiger partial charge is 0.384 e. The number of carbonyl (C=O) groups is 1. The van der Waals surface area contributed by atoms with Gasteiger partial charge in [0.15, 0.2) is 0 Å². The molecule has 1 unspecified atom stereocenters. The van der Waals surface area contributed by atoms with Crippen LogP contribution in [-0.4, -0.2) is 16.9 Å². The zero-order chi connectivity index (χ0) is 17.8. The fourth-order valence-electron chi connectivity index (χ4n) is 2.91. The van der Waals surface area contributed by atoms with Crippen LogP contribution in [0.5, 0.6) is 0 Å². The van der Waals surface area contributed by atoms with Gasteiger partial charge in [-0.25, -0.2) is 4.98 Å². The molecule has 0 bridgehead atoms. The Hall–Kier alpha value is -2.34. The van der Waals surface area contributed by atoms with Crippen molar-refractivity contribution in [2.45, 2.75) is 25.9 Å². The molecule has 0 aliphatic heterocycles. The lowest BCUT2D eigenvalue weighted by molar-refractivity contribution is -0.122. The Labute approximate surface area is 171 Å². The molecule has 1 heterocycles. The van der Waals surface area contributed by atoms with Gasteiger partial charge in [0.25, 0.3) is 0 Å². The van der Waals surface area contributed by atoms with E-state index < -0.39 is 6.04 Å². The number of aryl methyl sites for hydroxylation is 1. The molecule has 5 nitrogen and oxygen atoms in total. The predicted molar refractivity (Wildman–Crippen MR) is 115 cm³/mol. The highest BCUT2D eigenvalue weighted by Crippen LogP contribution is 2.19. The number of fused-ring (bicyclic) bond motifs is 1. The minimum atomic E-state index is -0.604. The Kier molecular flexibility index (Phi) is 8.50. The summed E-state index contributed by atoms with van der Waals surface area (Å²) in [5, 5.41) is 5.16. The minimum Gasteiger partial charge on any atom is -0.384 e. The molecule has 0 aliphatic carbocycles. The smallest absolute Gasteiger partial charge is 0.237 e. The van der Waals surface area contributed by atoms with Gasteiger partial charge >= 0.3 is 0 Å². The number of amides is 1. The van der Waals surface area contributed by atoms with E-state index in [1.54, 1.807) is 6.07 Å². The molecule has 144 valence electrons. The molecule has 1 aromatic heterocycles. The number of nitrogens with one attached hydrogen (secondary N) is 1. The highest BCUT2D eigenvalue weighted by atomic mass is 35.5. The second kappa shape index (κ2) is 10.1. The number of rotatable bonds is 5. The molecule has 2 aromatic carbocycles. The molecule has 0 spiro atoms. The van der Waals surface area contributed by atoms with Crippen LogP contribution in [0.15, 0.2) is 54.6 Å². The lowest BCUT2D eigenvalue weighted by Gasteiger charge is -2.14. The molecule has 0 saturated carbocycles. The lowest BCUT2D eigenvalue weighted by Crippen LogP contribution is -2.41. The van der Waals surface area contributed by atoms with Gasteiger partial charge in [-0.2, -0.15) is 0 Å². The summed E-state index contributed by atoms with van der Waals surface area (Å²) in [6.45, 7) is 2.26. The van der Waals surface area contributed by atoms with Gasteiger partial charge in [0, 0.05) is 12.2 Å². The van der Waals surface area contributed by atoms with Crippen molar-refractivity contribution in [3.63, 3.8) is 0 Å².